The van der Waals surface area contributed by atoms with E-state index in [0.717, 1.165) is 16.5 Å². The van der Waals surface area contributed by atoms with Gasteiger partial charge in [-0.3, -0.25) is 14.9 Å². The summed E-state index contributed by atoms with van der Waals surface area (Å²) in [6.45, 7) is 1.41. The smallest absolute Gasteiger partial charge is 0.321 e. The lowest BCUT2D eigenvalue weighted by molar-refractivity contribution is -0.153. The highest BCUT2D eigenvalue weighted by Crippen LogP contribution is 2.18. The van der Waals surface area contributed by atoms with Crippen LogP contribution in [0.5, 0.6) is 0 Å². The van der Waals surface area contributed by atoms with Gasteiger partial charge in [0.05, 0.1) is 6.42 Å². The number of rotatable bonds is 4. The lowest BCUT2D eigenvalue weighted by Crippen LogP contribution is -2.43. The molecule has 22 heavy (non-hydrogen) atoms. The van der Waals surface area contributed by atoms with E-state index in [9.17, 15) is 14.4 Å². The van der Waals surface area contributed by atoms with Gasteiger partial charge in [-0.05, 0) is 18.6 Å². The Morgan fingerprint density at radius 3 is 2.73 bits per heavy atom. The number of carbonyl (C=O) groups excluding carboxylic acids is 3. The summed E-state index contributed by atoms with van der Waals surface area (Å²) in [6, 6.07) is 6.93. The number of aromatic nitrogens is 1. The van der Waals surface area contributed by atoms with Crippen molar-refractivity contribution in [3.63, 3.8) is 0 Å². The molecular formula is C15H17N3O4. The van der Waals surface area contributed by atoms with Gasteiger partial charge < -0.3 is 15.0 Å². The lowest BCUT2D eigenvalue weighted by atomic mass is 10.1. The fraction of sp³-hybridized carbons (Fsp3) is 0.267. The van der Waals surface area contributed by atoms with E-state index in [-0.39, 0.29) is 6.42 Å². The van der Waals surface area contributed by atoms with Crippen molar-refractivity contribution in [2.75, 3.05) is 7.05 Å². The van der Waals surface area contributed by atoms with Crippen LogP contribution in [0.4, 0.5) is 4.79 Å². The summed E-state index contributed by atoms with van der Waals surface area (Å²) in [5.74, 6) is -1.21. The van der Waals surface area contributed by atoms with Crippen molar-refractivity contribution in [3.05, 3.63) is 36.0 Å². The second-order valence-corrected chi connectivity index (χ2v) is 4.74. The number of hydrogen-bond acceptors (Lipinski definition) is 4. The molecule has 1 heterocycles. The fourth-order valence-corrected chi connectivity index (χ4v) is 2.00. The normalized spacial score (nSPS) is 11.7. The van der Waals surface area contributed by atoms with Crippen LogP contribution >= 0.6 is 0 Å². The molecule has 0 bridgehead atoms. The van der Waals surface area contributed by atoms with Crippen molar-refractivity contribution in [2.24, 2.45) is 0 Å². The molecule has 7 nitrogen and oxygen atoms in total. The molecule has 0 spiro atoms. The first-order valence-corrected chi connectivity index (χ1v) is 6.78. The summed E-state index contributed by atoms with van der Waals surface area (Å²) in [5.41, 5.74) is 1.72. The summed E-state index contributed by atoms with van der Waals surface area (Å²) in [4.78, 5) is 37.6. The molecule has 2 aromatic rings. The zero-order valence-corrected chi connectivity index (χ0v) is 12.3. The van der Waals surface area contributed by atoms with Crippen molar-refractivity contribution < 1.29 is 19.1 Å². The maximum Gasteiger partial charge on any atom is 0.321 e. The van der Waals surface area contributed by atoms with Crippen LogP contribution in [0.1, 0.15) is 12.5 Å². The number of para-hydroxylation sites is 1. The number of esters is 1. The van der Waals surface area contributed by atoms with E-state index >= 15 is 0 Å². The van der Waals surface area contributed by atoms with Crippen LogP contribution in [-0.2, 0) is 20.7 Å². The molecule has 7 heteroatoms. The standard InChI is InChI=1S/C15H17N3O4/c1-9(14(20)18-15(21)16-2)22-13(19)7-10-8-17-12-6-4-3-5-11(10)12/h3-6,8-9,17H,7H2,1-2H3,(H2,16,18,20,21)/t9-/m0/s1. The van der Waals surface area contributed by atoms with E-state index in [0.29, 0.717) is 0 Å². The molecule has 1 aromatic carbocycles. The monoisotopic (exact) mass is 303 g/mol. The van der Waals surface area contributed by atoms with Crippen molar-refractivity contribution in [3.8, 4) is 0 Å². The average Bonchev–Trinajstić information content (AvgIpc) is 2.90. The molecule has 3 N–H and O–H groups in total. The van der Waals surface area contributed by atoms with Crippen LogP contribution in [-0.4, -0.2) is 36.0 Å². The number of fused-ring (bicyclic) bond motifs is 1. The first-order valence-electron chi connectivity index (χ1n) is 6.78. The minimum atomic E-state index is -1.05. The fourth-order valence-electron chi connectivity index (χ4n) is 2.00. The highest BCUT2D eigenvalue weighted by molar-refractivity contribution is 5.97. The second kappa shape index (κ2) is 6.75. The number of benzene rings is 1. The number of amides is 3. The Bertz CT molecular complexity index is 708. The SMILES string of the molecule is CNC(=O)NC(=O)[C@H](C)OC(=O)Cc1c[nH]c2ccccc12. The van der Waals surface area contributed by atoms with Crippen molar-refractivity contribution in [1.29, 1.82) is 0 Å². The van der Waals surface area contributed by atoms with Crippen molar-refractivity contribution in [1.82, 2.24) is 15.6 Å². The molecule has 0 saturated carbocycles. The van der Waals surface area contributed by atoms with Crippen molar-refractivity contribution in [2.45, 2.75) is 19.4 Å². The lowest BCUT2D eigenvalue weighted by Gasteiger charge is -2.12. The summed E-state index contributed by atoms with van der Waals surface area (Å²) in [5, 5.41) is 5.23. The first kappa shape index (κ1) is 15.6. The molecule has 1 aromatic heterocycles. The number of hydrogen-bond donors (Lipinski definition) is 3. The summed E-state index contributed by atoms with van der Waals surface area (Å²) in [7, 11) is 1.39. The molecule has 3 amide bonds. The molecule has 0 aliphatic rings. The summed E-state index contributed by atoms with van der Waals surface area (Å²) in [6.07, 6.45) is 0.734. The molecule has 0 aliphatic carbocycles. The zero-order chi connectivity index (χ0) is 16.1. The predicted octanol–water partition coefficient (Wildman–Crippen LogP) is 1.10. The third-order valence-electron chi connectivity index (χ3n) is 3.15. The van der Waals surface area contributed by atoms with Crippen LogP contribution in [0.3, 0.4) is 0 Å². The summed E-state index contributed by atoms with van der Waals surface area (Å²) >= 11 is 0. The Balaban J connectivity index is 1.95. The Kier molecular flexibility index (Phi) is 4.77. The summed E-state index contributed by atoms with van der Waals surface area (Å²) < 4.78 is 5.03. The van der Waals surface area contributed by atoms with Crippen LogP contribution in [0.15, 0.2) is 30.5 Å². The number of carbonyl (C=O) groups is 3. The quantitative estimate of drug-likeness (QED) is 0.736. The van der Waals surface area contributed by atoms with Gasteiger partial charge in [0.2, 0.25) is 0 Å². The molecule has 116 valence electrons. The van der Waals surface area contributed by atoms with Gasteiger partial charge in [-0.15, -0.1) is 0 Å². The Morgan fingerprint density at radius 2 is 2.00 bits per heavy atom. The Labute approximate surface area is 127 Å². The molecule has 0 radical (unpaired) electrons. The van der Waals surface area contributed by atoms with E-state index < -0.39 is 24.0 Å². The number of urea groups is 1. The van der Waals surface area contributed by atoms with Gasteiger partial charge in [0.15, 0.2) is 6.10 Å². The van der Waals surface area contributed by atoms with Crippen LogP contribution < -0.4 is 10.6 Å². The molecule has 0 unspecified atom stereocenters. The maximum atomic E-state index is 11.9. The number of imide groups is 1. The number of nitrogens with one attached hydrogen (secondary N) is 3. The average molecular weight is 303 g/mol. The van der Waals surface area contributed by atoms with Gasteiger partial charge in [0.1, 0.15) is 0 Å². The third-order valence-corrected chi connectivity index (χ3v) is 3.15. The van der Waals surface area contributed by atoms with Gasteiger partial charge in [0, 0.05) is 24.1 Å². The zero-order valence-electron chi connectivity index (χ0n) is 12.3. The van der Waals surface area contributed by atoms with E-state index in [4.69, 9.17) is 4.74 Å². The van der Waals surface area contributed by atoms with Gasteiger partial charge in [-0.1, -0.05) is 18.2 Å². The Morgan fingerprint density at radius 1 is 1.27 bits per heavy atom. The van der Waals surface area contributed by atoms with Crippen LogP contribution in [0, 0.1) is 0 Å². The van der Waals surface area contributed by atoms with E-state index in [1.165, 1.54) is 14.0 Å². The number of H-pyrrole nitrogens is 1. The minimum absolute atomic E-state index is 0.0433. The maximum absolute atomic E-state index is 11.9. The number of aromatic amines is 1. The largest absolute Gasteiger partial charge is 0.452 e. The van der Waals surface area contributed by atoms with Crippen LogP contribution in [0.2, 0.25) is 0 Å². The second-order valence-electron chi connectivity index (χ2n) is 4.74. The topological polar surface area (TPSA) is 100 Å². The molecular weight excluding hydrogens is 286 g/mol. The van der Waals surface area contributed by atoms with Gasteiger partial charge in [-0.2, -0.15) is 0 Å². The molecule has 0 saturated heterocycles. The highest BCUT2D eigenvalue weighted by Gasteiger charge is 2.20. The molecule has 0 aliphatic heterocycles. The van der Waals surface area contributed by atoms with Crippen molar-refractivity contribution >= 4 is 28.8 Å². The minimum Gasteiger partial charge on any atom is -0.452 e. The van der Waals surface area contributed by atoms with E-state index in [2.05, 4.69) is 15.6 Å². The van der Waals surface area contributed by atoms with Gasteiger partial charge in [-0.25, -0.2) is 4.79 Å². The third kappa shape index (κ3) is 3.63. The molecule has 0 fully saturated rings. The van der Waals surface area contributed by atoms with Crippen LogP contribution in [0.25, 0.3) is 10.9 Å². The first-order chi connectivity index (χ1) is 10.5. The van der Waals surface area contributed by atoms with E-state index in [1.807, 2.05) is 24.3 Å². The number of ether oxygens (including phenoxy) is 1. The molecule has 2 rings (SSSR count). The molecule has 1 atom stereocenters. The van der Waals surface area contributed by atoms with Gasteiger partial charge in [0.25, 0.3) is 5.91 Å². The van der Waals surface area contributed by atoms with E-state index in [1.54, 1.807) is 6.20 Å². The predicted molar refractivity (Wildman–Crippen MR) is 80.2 cm³/mol. The highest BCUT2D eigenvalue weighted by atomic mass is 16.5. The van der Waals surface area contributed by atoms with Gasteiger partial charge >= 0.3 is 12.0 Å². The Hall–Kier alpha value is -2.83.